The summed E-state index contributed by atoms with van der Waals surface area (Å²) in [4.78, 5) is 11.8. The van der Waals surface area contributed by atoms with Crippen molar-refractivity contribution < 1.29 is 7.86 Å². The lowest BCUT2D eigenvalue weighted by Crippen LogP contribution is -2.19. The molecule has 0 aliphatic carbocycles. The van der Waals surface area contributed by atoms with Crippen LogP contribution in [0.25, 0.3) is 0 Å². The molecule has 0 aliphatic rings. The second-order valence-corrected chi connectivity index (χ2v) is 7.30. The molecule has 0 spiro atoms. The van der Waals surface area contributed by atoms with E-state index in [1.165, 1.54) is 5.56 Å². The Hall–Kier alpha value is 0.150. The average molecular weight is 472 g/mol. The van der Waals surface area contributed by atoms with Crippen molar-refractivity contribution in [2.75, 3.05) is 0 Å². The third kappa shape index (κ3) is 4.68. The predicted molar refractivity (Wildman–Crippen MR) is 91.3 cm³/mol. The van der Waals surface area contributed by atoms with Crippen LogP contribution < -0.4 is 0 Å². The summed E-state index contributed by atoms with van der Waals surface area (Å²) in [5, 5.41) is 0. The molecule has 2 atom stereocenters. The first-order chi connectivity index (χ1) is 8.45. The molecular formula is C14H18I2O2. The van der Waals surface area contributed by atoms with Crippen LogP contribution in [0.5, 0.6) is 0 Å². The highest BCUT2D eigenvalue weighted by atomic mass is 127. The number of rotatable bonds is 5. The molecule has 0 radical (unpaired) electrons. The van der Waals surface area contributed by atoms with Crippen molar-refractivity contribution in [3.05, 3.63) is 35.4 Å². The van der Waals surface area contributed by atoms with Gasteiger partial charge in [0, 0.05) is 3.92 Å². The Bertz CT molecular complexity index is 385. The van der Waals surface area contributed by atoms with Gasteiger partial charge in [-0.3, -0.25) is 4.79 Å². The smallest absolute Gasteiger partial charge is 0.323 e. The minimum Gasteiger partial charge on any atom is -0.394 e. The van der Waals surface area contributed by atoms with Crippen LogP contribution in [0.15, 0.2) is 24.3 Å². The van der Waals surface area contributed by atoms with Gasteiger partial charge in [-0.1, -0.05) is 67.6 Å². The van der Waals surface area contributed by atoms with E-state index >= 15 is 0 Å². The molecule has 0 N–H and O–H groups in total. The molecule has 100 valence electrons. The van der Waals surface area contributed by atoms with E-state index in [0.29, 0.717) is 5.92 Å². The van der Waals surface area contributed by atoms with Gasteiger partial charge >= 0.3 is 5.97 Å². The van der Waals surface area contributed by atoms with Gasteiger partial charge in [0.2, 0.25) is 0 Å². The van der Waals surface area contributed by atoms with Gasteiger partial charge in [-0.2, -0.15) is 0 Å². The molecule has 2 unspecified atom stereocenters. The molecule has 1 aromatic rings. The first-order valence-electron chi connectivity index (χ1n) is 6.01. The number of alkyl halides is 1. The zero-order chi connectivity index (χ0) is 13.7. The minimum atomic E-state index is -0.185. The van der Waals surface area contributed by atoms with Crippen molar-refractivity contribution in [1.29, 1.82) is 0 Å². The molecule has 0 aliphatic heterocycles. The van der Waals surface area contributed by atoms with Crippen LogP contribution in [0.4, 0.5) is 0 Å². The molecule has 0 amide bonds. The van der Waals surface area contributed by atoms with E-state index in [4.69, 9.17) is 3.07 Å². The fraction of sp³-hybridized carbons (Fsp3) is 0.500. The van der Waals surface area contributed by atoms with Gasteiger partial charge in [-0.05, 0) is 23.5 Å². The number of hydrogen-bond donors (Lipinski definition) is 0. The highest BCUT2D eigenvalue weighted by Crippen LogP contribution is 2.28. The fourth-order valence-corrected chi connectivity index (χ4v) is 2.95. The maximum Gasteiger partial charge on any atom is 0.323 e. The average Bonchev–Trinajstić information content (AvgIpc) is 2.30. The third-order valence-electron chi connectivity index (χ3n) is 2.77. The van der Waals surface area contributed by atoms with Crippen LogP contribution in [0.2, 0.25) is 0 Å². The maximum absolute atomic E-state index is 11.8. The van der Waals surface area contributed by atoms with E-state index in [1.807, 2.05) is 19.1 Å². The van der Waals surface area contributed by atoms with Crippen LogP contribution in [-0.2, 0) is 14.3 Å². The van der Waals surface area contributed by atoms with Crippen LogP contribution in [0.3, 0.4) is 0 Å². The summed E-state index contributed by atoms with van der Waals surface area (Å²) in [7, 11) is 0. The predicted octanol–water partition coefficient (Wildman–Crippen LogP) is 4.69. The molecule has 2 nitrogen and oxygen atoms in total. The Morgan fingerprint density at radius 3 is 2.17 bits per heavy atom. The number of hydrogen-bond acceptors (Lipinski definition) is 2. The number of halogens is 2. The molecule has 1 aromatic carbocycles. The summed E-state index contributed by atoms with van der Waals surface area (Å²) in [6.07, 6.45) is 1.07. The summed E-state index contributed by atoms with van der Waals surface area (Å²) in [6, 6.07) is 8.32. The Morgan fingerprint density at radius 1 is 1.22 bits per heavy atom. The quantitative estimate of drug-likeness (QED) is 0.460. The van der Waals surface area contributed by atoms with Gasteiger partial charge in [-0.15, -0.1) is 0 Å². The maximum atomic E-state index is 11.8. The van der Waals surface area contributed by atoms with E-state index in [1.54, 1.807) is 23.0 Å². The summed E-state index contributed by atoms with van der Waals surface area (Å²) < 4.78 is 5.06. The largest absolute Gasteiger partial charge is 0.394 e. The first kappa shape index (κ1) is 16.2. The molecule has 0 aromatic heterocycles. The molecule has 4 heteroatoms. The highest BCUT2D eigenvalue weighted by Gasteiger charge is 2.26. The second-order valence-electron chi connectivity index (χ2n) is 4.89. The molecule has 1 rings (SSSR count). The van der Waals surface area contributed by atoms with Crippen molar-refractivity contribution in [2.45, 2.75) is 37.0 Å². The van der Waals surface area contributed by atoms with Crippen molar-refractivity contribution >= 4 is 51.6 Å². The Labute approximate surface area is 137 Å². The van der Waals surface area contributed by atoms with Gasteiger partial charge < -0.3 is 3.07 Å². The van der Waals surface area contributed by atoms with E-state index < -0.39 is 0 Å². The number of carbonyl (C=O) groups excluding carboxylic acids is 1. The Kier molecular flexibility index (Phi) is 6.90. The summed E-state index contributed by atoms with van der Waals surface area (Å²) in [5.74, 6) is 0.291. The van der Waals surface area contributed by atoms with E-state index in [2.05, 4.69) is 48.6 Å². The normalized spacial score (nSPS) is 14.3. The lowest BCUT2D eigenvalue weighted by atomic mass is 9.94. The lowest BCUT2D eigenvalue weighted by Gasteiger charge is -2.17. The monoisotopic (exact) mass is 472 g/mol. The van der Waals surface area contributed by atoms with Gasteiger partial charge in [0.05, 0.1) is 5.92 Å². The first-order valence-corrected chi connectivity index (χ1v) is 8.13. The molecule has 0 saturated carbocycles. The van der Waals surface area contributed by atoms with Gasteiger partial charge in [-0.25, -0.2) is 0 Å². The fourth-order valence-electron chi connectivity index (χ4n) is 1.97. The zero-order valence-electron chi connectivity index (χ0n) is 10.8. The summed E-state index contributed by atoms with van der Waals surface area (Å²) in [6.45, 7) is 6.44. The summed E-state index contributed by atoms with van der Waals surface area (Å²) >= 11 is 3.93. The number of benzene rings is 1. The Balaban J connectivity index is 2.90. The SMILES string of the molecule is CC(C)Cc1ccc(C(C(=O)OI)C(C)I)cc1. The Morgan fingerprint density at radius 2 is 1.78 bits per heavy atom. The molecule has 0 fully saturated rings. The lowest BCUT2D eigenvalue weighted by molar-refractivity contribution is -0.132. The molecular weight excluding hydrogens is 454 g/mol. The molecule has 0 saturated heterocycles. The van der Waals surface area contributed by atoms with E-state index in [9.17, 15) is 4.79 Å². The van der Waals surface area contributed by atoms with Gasteiger partial charge in [0.15, 0.2) is 23.0 Å². The standard InChI is InChI=1S/C14H18I2O2/c1-9(2)8-11-4-6-12(7-5-11)13(10(3)15)14(17)18-16/h4-7,9-10,13H,8H2,1-3H3. The highest BCUT2D eigenvalue weighted by molar-refractivity contribution is 14.1. The second kappa shape index (κ2) is 7.67. The molecule has 0 heterocycles. The topological polar surface area (TPSA) is 26.3 Å². The number of carbonyl (C=O) groups is 1. The van der Waals surface area contributed by atoms with Crippen LogP contribution in [0, 0.1) is 5.92 Å². The van der Waals surface area contributed by atoms with Crippen LogP contribution in [-0.4, -0.2) is 9.89 Å². The van der Waals surface area contributed by atoms with Crippen molar-refractivity contribution in [2.24, 2.45) is 5.92 Å². The minimum absolute atomic E-state index is 0.172. The van der Waals surface area contributed by atoms with Crippen molar-refractivity contribution in [3.8, 4) is 0 Å². The summed E-state index contributed by atoms with van der Waals surface area (Å²) in [5.41, 5.74) is 2.35. The van der Waals surface area contributed by atoms with E-state index in [0.717, 1.165) is 12.0 Å². The zero-order valence-corrected chi connectivity index (χ0v) is 15.1. The third-order valence-corrected chi connectivity index (χ3v) is 3.93. The van der Waals surface area contributed by atoms with Crippen molar-refractivity contribution in [3.63, 3.8) is 0 Å². The van der Waals surface area contributed by atoms with Crippen LogP contribution >= 0.6 is 45.6 Å². The molecule has 18 heavy (non-hydrogen) atoms. The van der Waals surface area contributed by atoms with Gasteiger partial charge in [0.25, 0.3) is 0 Å². The van der Waals surface area contributed by atoms with Crippen LogP contribution in [0.1, 0.15) is 37.8 Å². The molecule has 0 bridgehead atoms. The van der Waals surface area contributed by atoms with Crippen molar-refractivity contribution in [1.82, 2.24) is 0 Å². The van der Waals surface area contributed by atoms with E-state index in [-0.39, 0.29) is 15.8 Å². The van der Waals surface area contributed by atoms with Gasteiger partial charge in [0.1, 0.15) is 0 Å².